The third kappa shape index (κ3) is 2.35. The highest BCUT2D eigenvalue weighted by atomic mass is 16.3. The number of nitrogens with zero attached hydrogens (tertiary/aromatic N) is 2. The molecule has 2 bridgehead atoms. The third-order valence-electron chi connectivity index (χ3n) is 4.60. The molecule has 0 radical (unpaired) electrons. The van der Waals surface area contributed by atoms with Gasteiger partial charge in [-0.15, -0.1) is 0 Å². The smallest absolute Gasteiger partial charge is 0.0579 e. The lowest BCUT2D eigenvalue weighted by atomic mass is 9.99. The number of hydrogen-bond acceptors (Lipinski definition) is 4. The van der Waals surface area contributed by atoms with Crippen LogP contribution in [0.25, 0.3) is 0 Å². The second-order valence-electron chi connectivity index (χ2n) is 5.87. The van der Waals surface area contributed by atoms with Crippen molar-refractivity contribution >= 4 is 5.69 Å². The molecule has 2 aliphatic rings. The molecule has 0 saturated carbocycles. The molecule has 4 heteroatoms. The van der Waals surface area contributed by atoms with E-state index >= 15 is 0 Å². The first-order valence-electron chi connectivity index (χ1n) is 7.37. The fraction of sp³-hybridized carbons (Fsp3) is 0.667. The third-order valence-corrected chi connectivity index (χ3v) is 4.60. The summed E-state index contributed by atoms with van der Waals surface area (Å²) in [5.41, 5.74) is 8.15. The van der Waals surface area contributed by atoms with Gasteiger partial charge in [0.2, 0.25) is 0 Å². The van der Waals surface area contributed by atoms with Gasteiger partial charge in [-0.25, -0.2) is 0 Å². The van der Waals surface area contributed by atoms with E-state index in [-0.39, 0.29) is 12.1 Å². The van der Waals surface area contributed by atoms with E-state index in [1.165, 1.54) is 18.5 Å². The van der Waals surface area contributed by atoms with Crippen LogP contribution < -0.4 is 10.6 Å². The molecule has 19 heavy (non-hydrogen) atoms. The Hall–Kier alpha value is -1.13. The van der Waals surface area contributed by atoms with Crippen molar-refractivity contribution < 1.29 is 5.11 Å². The maximum atomic E-state index is 9.84. The topological polar surface area (TPSA) is 62.4 Å². The summed E-state index contributed by atoms with van der Waals surface area (Å²) in [6.07, 6.45) is 6.92. The first-order chi connectivity index (χ1) is 9.19. The minimum atomic E-state index is -0.116. The average Bonchev–Trinajstić information content (AvgIpc) is 2.70. The molecule has 0 amide bonds. The van der Waals surface area contributed by atoms with Gasteiger partial charge in [0, 0.05) is 18.1 Å². The lowest BCUT2D eigenvalue weighted by molar-refractivity contribution is 0.126. The van der Waals surface area contributed by atoms with Crippen LogP contribution in [0.5, 0.6) is 0 Å². The fourth-order valence-electron chi connectivity index (χ4n) is 3.55. The van der Waals surface area contributed by atoms with Crippen LogP contribution in [0.2, 0.25) is 0 Å². The molecule has 3 N–H and O–H groups in total. The lowest BCUT2D eigenvalue weighted by Crippen LogP contribution is -2.44. The zero-order chi connectivity index (χ0) is 13.4. The summed E-state index contributed by atoms with van der Waals surface area (Å²) in [5.74, 6) is 0. The molecule has 1 aromatic rings. The monoisotopic (exact) mass is 261 g/mol. The zero-order valence-electron chi connectivity index (χ0n) is 11.5. The molecular weight excluding hydrogens is 238 g/mol. The number of aromatic nitrogens is 1. The Labute approximate surface area is 114 Å². The van der Waals surface area contributed by atoms with Crippen molar-refractivity contribution in [2.45, 2.75) is 63.3 Å². The van der Waals surface area contributed by atoms with E-state index in [0.717, 1.165) is 25.0 Å². The van der Waals surface area contributed by atoms with E-state index < -0.39 is 0 Å². The number of anilines is 1. The molecule has 4 nitrogen and oxygen atoms in total. The van der Waals surface area contributed by atoms with Gasteiger partial charge in [-0.2, -0.15) is 0 Å². The predicted octanol–water partition coefficient (Wildman–Crippen LogP) is 1.98. The molecule has 104 valence electrons. The van der Waals surface area contributed by atoms with Gasteiger partial charge in [-0.1, -0.05) is 6.92 Å². The van der Waals surface area contributed by atoms with Crippen molar-refractivity contribution in [2.24, 2.45) is 5.73 Å². The van der Waals surface area contributed by atoms with Gasteiger partial charge in [0.05, 0.1) is 23.7 Å². The van der Waals surface area contributed by atoms with E-state index in [9.17, 15) is 5.11 Å². The van der Waals surface area contributed by atoms with Gasteiger partial charge in [-0.3, -0.25) is 4.98 Å². The van der Waals surface area contributed by atoms with Crippen LogP contribution >= 0.6 is 0 Å². The maximum Gasteiger partial charge on any atom is 0.0579 e. The normalized spacial score (nSPS) is 31.5. The van der Waals surface area contributed by atoms with Gasteiger partial charge in [0.25, 0.3) is 0 Å². The summed E-state index contributed by atoms with van der Waals surface area (Å²) in [5, 5.41) is 9.84. The van der Waals surface area contributed by atoms with E-state index in [0.29, 0.717) is 12.1 Å². The molecule has 1 aromatic heterocycles. The molecule has 0 spiro atoms. The van der Waals surface area contributed by atoms with Gasteiger partial charge in [-0.05, 0) is 44.2 Å². The number of rotatable bonds is 3. The standard InChI is InChI=1S/C15H23N3O/c1-2-14(16)15-6-5-12(9-17-15)18-10-3-4-11(18)8-13(19)7-10/h5-6,9-11,13-14,19H,2-4,7-8,16H2,1H3. The fourth-order valence-corrected chi connectivity index (χ4v) is 3.55. The van der Waals surface area contributed by atoms with Gasteiger partial charge in [0.15, 0.2) is 0 Å². The number of aliphatic hydroxyl groups excluding tert-OH is 1. The average molecular weight is 261 g/mol. The minimum absolute atomic E-state index is 0.0361. The molecule has 3 unspecified atom stereocenters. The van der Waals surface area contributed by atoms with Crippen molar-refractivity contribution in [1.82, 2.24) is 4.98 Å². The van der Waals surface area contributed by atoms with Gasteiger partial charge >= 0.3 is 0 Å². The minimum Gasteiger partial charge on any atom is -0.393 e. The van der Waals surface area contributed by atoms with Crippen LogP contribution in [0.3, 0.4) is 0 Å². The quantitative estimate of drug-likeness (QED) is 0.873. The largest absolute Gasteiger partial charge is 0.393 e. The van der Waals surface area contributed by atoms with Crippen molar-refractivity contribution in [3.05, 3.63) is 24.0 Å². The van der Waals surface area contributed by atoms with Crippen molar-refractivity contribution in [1.29, 1.82) is 0 Å². The molecular formula is C15H23N3O. The summed E-state index contributed by atoms with van der Waals surface area (Å²) in [4.78, 5) is 6.97. The Kier molecular flexibility index (Phi) is 3.46. The number of hydrogen-bond donors (Lipinski definition) is 2. The SMILES string of the molecule is CCC(N)c1ccc(N2C3CCC2CC(O)C3)cn1. The summed E-state index contributed by atoms with van der Waals surface area (Å²) in [6.45, 7) is 2.08. The molecule has 0 aliphatic carbocycles. The Morgan fingerprint density at radius 2 is 2.05 bits per heavy atom. The lowest BCUT2D eigenvalue weighted by Gasteiger charge is -2.38. The van der Waals surface area contributed by atoms with Crippen LogP contribution in [-0.2, 0) is 0 Å². The molecule has 0 aromatic carbocycles. The highest BCUT2D eigenvalue weighted by Gasteiger charge is 2.40. The van der Waals surface area contributed by atoms with Crippen LogP contribution in [0, 0.1) is 0 Å². The predicted molar refractivity (Wildman–Crippen MR) is 76.0 cm³/mol. The number of fused-ring (bicyclic) bond motifs is 2. The molecule has 2 aliphatic heterocycles. The van der Waals surface area contributed by atoms with E-state index in [2.05, 4.69) is 22.9 Å². The summed E-state index contributed by atoms with van der Waals surface area (Å²) in [6, 6.07) is 5.20. The number of nitrogens with two attached hydrogens (primary N) is 1. The van der Waals surface area contributed by atoms with Gasteiger partial charge in [0.1, 0.15) is 0 Å². The Bertz CT molecular complexity index is 420. The van der Waals surface area contributed by atoms with Crippen molar-refractivity contribution in [3.63, 3.8) is 0 Å². The number of pyridine rings is 1. The molecule has 3 heterocycles. The zero-order valence-corrected chi connectivity index (χ0v) is 11.5. The maximum absolute atomic E-state index is 9.84. The molecule has 2 saturated heterocycles. The first kappa shape index (κ1) is 12.9. The molecule has 3 rings (SSSR count). The van der Waals surface area contributed by atoms with Crippen LogP contribution in [0.15, 0.2) is 18.3 Å². The highest BCUT2D eigenvalue weighted by molar-refractivity contribution is 5.49. The van der Waals surface area contributed by atoms with Crippen molar-refractivity contribution in [2.75, 3.05) is 4.90 Å². The first-order valence-corrected chi connectivity index (χ1v) is 7.37. The summed E-state index contributed by atoms with van der Waals surface area (Å²) >= 11 is 0. The Morgan fingerprint density at radius 3 is 2.58 bits per heavy atom. The number of aliphatic hydroxyl groups is 1. The van der Waals surface area contributed by atoms with Crippen molar-refractivity contribution in [3.8, 4) is 0 Å². The Balaban J connectivity index is 1.80. The molecule has 3 atom stereocenters. The highest BCUT2D eigenvalue weighted by Crippen LogP contribution is 2.39. The Morgan fingerprint density at radius 1 is 1.37 bits per heavy atom. The van der Waals surface area contributed by atoms with E-state index in [1.807, 2.05) is 12.3 Å². The van der Waals surface area contributed by atoms with E-state index in [1.54, 1.807) is 0 Å². The number of piperidine rings is 1. The van der Waals surface area contributed by atoms with Crippen LogP contribution in [-0.4, -0.2) is 28.3 Å². The van der Waals surface area contributed by atoms with Crippen LogP contribution in [0.4, 0.5) is 5.69 Å². The second kappa shape index (κ2) is 5.10. The summed E-state index contributed by atoms with van der Waals surface area (Å²) in [7, 11) is 0. The molecule has 2 fully saturated rings. The second-order valence-corrected chi connectivity index (χ2v) is 5.87. The summed E-state index contributed by atoms with van der Waals surface area (Å²) < 4.78 is 0. The van der Waals surface area contributed by atoms with E-state index in [4.69, 9.17) is 5.73 Å². The van der Waals surface area contributed by atoms with Crippen LogP contribution in [0.1, 0.15) is 50.8 Å². The van der Waals surface area contributed by atoms with Gasteiger partial charge < -0.3 is 15.7 Å².